The van der Waals surface area contributed by atoms with Gasteiger partial charge in [-0.05, 0) is 90.7 Å². The molecule has 0 radical (unpaired) electrons. The highest BCUT2D eigenvalue weighted by Gasteiger charge is 2.27. The van der Waals surface area contributed by atoms with Crippen LogP contribution in [0.5, 0.6) is 11.5 Å². The number of unbranched alkanes of at least 4 members (excludes halogenated alkanes) is 1. The van der Waals surface area contributed by atoms with Crippen LogP contribution in [0.15, 0.2) is 71.9 Å². The average Bonchev–Trinajstić information content (AvgIpc) is 3.49. The lowest BCUT2D eigenvalue weighted by Crippen LogP contribution is -2.32. The Morgan fingerprint density at radius 3 is 2.43 bits per heavy atom. The molecule has 0 saturated heterocycles. The smallest absolute Gasteiger partial charge is 0.431 e. The lowest BCUT2D eigenvalue weighted by molar-refractivity contribution is -0.122. The van der Waals surface area contributed by atoms with Gasteiger partial charge < -0.3 is 14.8 Å². The van der Waals surface area contributed by atoms with E-state index in [1.165, 1.54) is 0 Å². The minimum atomic E-state index is -1.34. The number of hydrogen-bond donors (Lipinski definition) is 1. The first-order chi connectivity index (χ1) is 21.3. The Hall–Kier alpha value is -4.69. The molecule has 44 heavy (non-hydrogen) atoms. The van der Waals surface area contributed by atoms with Crippen LogP contribution in [-0.2, 0) is 17.1 Å². The average molecular weight is 613 g/mol. The van der Waals surface area contributed by atoms with Gasteiger partial charge in [-0.3, -0.25) is 14.4 Å². The number of amides is 1. The summed E-state index contributed by atoms with van der Waals surface area (Å²) in [4.78, 5) is 29.4. The summed E-state index contributed by atoms with van der Waals surface area (Å²) in [7, 11) is 0. The molecule has 1 amide bonds. The first-order valence-electron chi connectivity index (χ1n) is 14.5. The number of rotatable bonds is 15. The summed E-state index contributed by atoms with van der Waals surface area (Å²) in [5.74, 6) is 0.988. The van der Waals surface area contributed by atoms with Crippen LogP contribution < -0.4 is 14.8 Å². The Morgan fingerprint density at radius 2 is 1.77 bits per heavy atom. The third kappa shape index (κ3) is 8.67. The van der Waals surface area contributed by atoms with Gasteiger partial charge in [-0.2, -0.15) is 0 Å². The van der Waals surface area contributed by atoms with Crippen LogP contribution >= 0.6 is 11.8 Å². The molecule has 0 bridgehead atoms. The van der Waals surface area contributed by atoms with E-state index in [1.54, 1.807) is 48.2 Å². The summed E-state index contributed by atoms with van der Waals surface area (Å²) >= 11 is 1.54. The van der Waals surface area contributed by atoms with Crippen molar-refractivity contribution in [3.8, 4) is 11.5 Å². The van der Waals surface area contributed by atoms with Crippen molar-refractivity contribution in [3.05, 3.63) is 100 Å². The fourth-order valence-corrected chi connectivity index (χ4v) is 5.18. The van der Waals surface area contributed by atoms with Gasteiger partial charge in [0, 0.05) is 23.5 Å². The molecule has 0 saturated carbocycles. The molecule has 2 unspecified atom stereocenters. The van der Waals surface area contributed by atoms with Crippen LogP contribution in [0, 0.1) is 20.4 Å². The number of aromatic nitrogens is 4. The van der Waals surface area contributed by atoms with Gasteiger partial charge in [0.05, 0.1) is 0 Å². The first kappa shape index (κ1) is 32.2. The van der Waals surface area contributed by atoms with Crippen LogP contribution in [0.2, 0.25) is 0 Å². The van der Waals surface area contributed by atoms with E-state index in [0.29, 0.717) is 34.9 Å². The molecular formula is C33H36N6O4S. The molecule has 0 spiro atoms. The van der Waals surface area contributed by atoms with E-state index >= 15 is 0 Å². The highest BCUT2D eigenvalue weighted by atomic mass is 32.2. The van der Waals surface area contributed by atoms with E-state index < -0.39 is 18.1 Å². The molecule has 228 valence electrons. The topological polar surface area (TPSA) is 113 Å². The Balaban J connectivity index is 1.31. The number of thioether (sulfide) groups is 1. The minimum absolute atomic E-state index is 0.286. The molecule has 0 aliphatic rings. The first-order valence-corrected chi connectivity index (χ1v) is 15.5. The number of nitrogens with zero attached hydrogens (tertiary/aromatic N) is 5. The van der Waals surface area contributed by atoms with Gasteiger partial charge in [0.1, 0.15) is 11.5 Å². The van der Waals surface area contributed by atoms with E-state index in [0.717, 1.165) is 41.2 Å². The van der Waals surface area contributed by atoms with E-state index in [9.17, 15) is 9.59 Å². The van der Waals surface area contributed by atoms with Gasteiger partial charge >= 0.3 is 6.23 Å². The number of hydrogen-bond acceptors (Lipinski definition) is 8. The van der Waals surface area contributed by atoms with Crippen molar-refractivity contribution in [1.82, 2.24) is 20.2 Å². The van der Waals surface area contributed by atoms with Crippen molar-refractivity contribution < 1.29 is 19.1 Å². The molecule has 1 aromatic heterocycles. The Kier molecular flexibility index (Phi) is 11.5. The van der Waals surface area contributed by atoms with Crippen LogP contribution in [0.25, 0.3) is 4.85 Å². The third-order valence-electron chi connectivity index (χ3n) is 6.80. The number of ether oxygens (including phenoxy) is 2. The zero-order valence-corrected chi connectivity index (χ0v) is 26.1. The summed E-state index contributed by atoms with van der Waals surface area (Å²) in [6.07, 6.45) is 0.544. The van der Waals surface area contributed by atoms with Crippen molar-refractivity contribution in [2.24, 2.45) is 0 Å². The van der Waals surface area contributed by atoms with Crippen molar-refractivity contribution in [3.63, 3.8) is 0 Å². The summed E-state index contributed by atoms with van der Waals surface area (Å²) in [5, 5.41) is 15.5. The summed E-state index contributed by atoms with van der Waals surface area (Å²) < 4.78 is 13.5. The molecule has 11 heteroatoms. The molecule has 0 aliphatic heterocycles. The molecular weight excluding hydrogens is 576 g/mol. The van der Waals surface area contributed by atoms with Gasteiger partial charge in [-0.1, -0.05) is 61.9 Å². The summed E-state index contributed by atoms with van der Waals surface area (Å²) in [6, 6.07) is 19.5. The highest BCUT2D eigenvalue weighted by Crippen LogP contribution is 2.24. The number of aryl methyl sites for hydroxylation is 3. The number of anilines is 1. The number of carbonyl (C=O) groups excluding carboxylic acids is 2. The Bertz CT molecular complexity index is 1600. The van der Waals surface area contributed by atoms with Gasteiger partial charge in [0.2, 0.25) is 5.16 Å². The monoisotopic (exact) mass is 612 g/mol. The molecule has 1 N–H and O–H groups in total. The number of carbonyl (C=O) groups is 2. The second kappa shape index (κ2) is 15.7. The molecule has 0 fully saturated rings. The molecule has 10 nitrogen and oxygen atoms in total. The van der Waals surface area contributed by atoms with Crippen molar-refractivity contribution in [1.29, 1.82) is 0 Å². The molecule has 4 rings (SSSR count). The Labute approximate surface area is 262 Å². The van der Waals surface area contributed by atoms with E-state index in [-0.39, 0.29) is 5.91 Å². The van der Waals surface area contributed by atoms with Gasteiger partial charge in [-0.25, -0.2) is 11.3 Å². The second-order valence-electron chi connectivity index (χ2n) is 10.3. The molecule has 0 aliphatic carbocycles. The molecule has 4 aromatic rings. The van der Waals surface area contributed by atoms with Gasteiger partial charge in [0.15, 0.2) is 6.10 Å². The summed E-state index contributed by atoms with van der Waals surface area (Å²) in [5.41, 5.74) is 3.93. The predicted molar refractivity (Wildman–Crippen MR) is 170 cm³/mol. The van der Waals surface area contributed by atoms with E-state index in [4.69, 9.17) is 16.0 Å². The largest absolute Gasteiger partial charge is 0.480 e. The fraction of sp³-hybridized carbons (Fsp3) is 0.333. The second-order valence-corrected chi connectivity index (χ2v) is 11.2. The minimum Gasteiger partial charge on any atom is -0.480 e. The lowest BCUT2D eigenvalue weighted by Gasteiger charge is -2.19. The SMILES string of the molecule is [C-]#[N+]C(Oc1ccc(CSc2nnnn2CCCC)cc1)C(=O)c1ccc(NC(=O)C(CC)Oc2ccc(C)cc2C)cc1. The zero-order chi connectivity index (χ0) is 31.5. The summed E-state index contributed by atoms with van der Waals surface area (Å²) in [6.45, 7) is 16.3. The quantitative estimate of drug-likeness (QED) is 0.0898. The predicted octanol–water partition coefficient (Wildman–Crippen LogP) is 6.69. The maximum Gasteiger partial charge on any atom is 0.431 e. The highest BCUT2D eigenvalue weighted by molar-refractivity contribution is 7.98. The van der Waals surface area contributed by atoms with Gasteiger partial charge in [0.25, 0.3) is 11.7 Å². The van der Waals surface area contributed by atoms with Gasteiger partial charge in [-0.15, -0.1) is 5.10 Å². The normalized spacial score (nSPS) is 12.2. The molecule has 2 atom stereocenters. The third-order valence-corrected chi connectivity index (χ3v) is 7.83. The van der Waals surface area contributed by atoms with Crippen molar-refractivity contribution in [2.75, 3.05) is 5.32 Å². The fourth-order valence-electron chi connectivity index (χ4n) is 4.32. The zero-order valence-electron chi connectivity index (χ0n) is 25.3. The number of Topliss-reactive ketones (excluding diaryl/α,β-unsaturated/α-hetero) is 1. The van der Waals surface area contributed by atoms with E-state index in [2.05, 4.69) is 32.6 Å². The standard InChI is InChI=1S/C33H36N6O4S/c1-6-8-19-39-33(36-37-38-39)44-21-24-10-16-27(17-11-24)42-32(34-5)30(40)25-12-14-26(15-13-25)35-31(41)28(7-2)43-29-18-9-22(3)20-23(29)4/h9-18,20,28,32H,6-8,19,21H2,1-4H3,(H,35,41). The maximum absolute atomic E-state index is 13.1. The Morgan fingerprint density at radius 1 is 1.02 bits per heavy atom. The van der Waals surface area contributed by atoms with Crippen molar-refractivity contribution >= 4 is 29.1 Å². The molecule has 3 aromatic carbocycles. The van der Waals surface area contributed by atoms with E-state index in [1.807, 2.05) is 55.8 Å². The van der Waals surface area contributed by atoms with Crippen LogP contribution in [-0.4, -0.2) is 44.2 Å². The lowest BCUT2D eigenvalue weighted by atomic mass is 10.1. The van der Waals surface area contributed by atoms with Crippen LogP contribution in [0.3, 0.4) is 0 Å². The number of tetrazole rings is 1. The number of benzene rings is 3. The maximum atomic E-state index is 13.1. The number of ketones is 1. The van der Waals surface area contributed by atoms with Crippen LogP contribution in [0.4, 0.5) is 5.69 Å². The molecule has 1 heterocycles. The van der Waals surface area contributed by atoms with Crippen LogP contribution in [0.1, 0.15) is 60.2 Å². The number of nitrogens with one attached hydrogen (secondary N) is 1. The van der Waals surface area contributed by atoms with Crippen molar-refractivity contribution in [2.45, 2.75) is 76.7 Å².